The van der Waals surface area contributed by atoms with Gasteiger partial charge in [0.05, 0.1) is 16.8 Å². The third-order valence-electron chi connectivity index (χ3n) is 2.76. The van der Waals surface area contributed by atoms with Gasteiger partial charge in [-0.2, -0.15) is 5.26 Å². The zero-order valence-corrected chi connectivity index (χ0v) is 12.0. The summed E-state index contributed by atoms with van der Waals surface area (Å²) in [4.78, 5) is 7.41. The normalized spacial score (nSPS) is 10.5. The van der Waals surface area contributed by atoms with E-state index in [0.717, 1.165) is 15.7 Å². The molecule has 19 heavy (non-hydrogen) atoms. The maximum absolute atomic E-state index is 9.26. The summed E-state index contributed by atoms with van der Waals surface area (Å²) in [6, 6.07) is 11.4. The third-order valence-corrected chi connectivity index (χ3v) is 3.54. The molecule has 92 valence electrons. The summed E-state index contributed by atoms with van der Waals surface area (Å²) in [6.07, 6.45) is 1.70. The molecule has 0 atom stereocenters. The van der Waals surface area contributed by atoms with E-state index in [-0.39, 0.29) is 0 Å². The maximum atomic E-state index is 9.26. The fourth-order valence-corrected chi connectivity index (χ4v) is 2.61. The Bertz CT molecular complexity index is 872. The zero-order chi connectivity index (χ0) is 13.4. The van der Waals surface area contributed by atoms with Crippen molar-refractivity contribution in [3.8, 4) is 11.8 Å². The summed E-state index contributed by atoms with van der Waals surface area (Å²) < 4.78 is 3.15. The van der Waals surface area contributed by atoms with Crippen LogP contribution in [0.2, 0.25) is 0 Å². The minimum Gasteiger partial charge on any atom is -0.329 e. The van der Waals surface area contributed by atoms with Gasteiger partial charge in [-0.3, -0.25) is 4.57 Å². The van der Waals surface area contributed by atoms with E-state index in [9.17, 15) is 5.26 Å². The number of hydrogen-bond acceptors (Lipinski definition) is 3. The molecule has 3 rings (SSSR count). The number of H-pyrrole nitrogens is 1. The molecule has 0 amide bonds. The molecule has 6 heteroatoms. The van der Waals surface area contributed by atoms with Crippen molar-refractivity contribution in [3.05, 3.63) is 51.3 Å². The van der Waals surface area contributed by atoms with Crippen LogP contribution in [0.15, 0.2) is 41.0 Å². The fourth-order valence-electron chi connectivity index (χ4n) is 1.96. The Morgan fingerprint density at radius 3 is 3.00 bits per heavy atom. The lowest BCUT2D eigenvalue weighted by Crippen LogP contribution is -1.98. The minimum atomic E-state index is 0.521. The summed E-state index contributed by atoms with van der Waals surface area (Å²) in [6.45, 7) is 0. The predicted octanol–water partition coefficient (Wildman–Crippen LogP) is 3.72. The number of aromatic nitrogens is 3. The van der Waals surface area contributed by atoms with Crippen molar-refractivity contribution in [2.24, 2.45) is 0 Å². The lowest BCUT2D eigenvalue weighted by Gasteiger charge is -2.06. The molecule has 0 spiro atoms. The molecule has 0 bridgehead atoms. The van der Waals surface area contributed by atoms with Crippen molar-refractivity contribution < 1.29 is 0 Å². The Kier molecular flexibility index (Phi) is 2.93. The van der Waals surface area contributed by atoms with Crippen LogP contribution in [-0.4, -0.2) is 14.5 Å². The third kappa shape index (κ3) is 1.97. The van der Waals surface area contributed by atoms with Crippen LogP contribution in [0.3, 0.4) is 0 Å². The quantitative estimate of drug-likeness (QED) is 0.692. The largest absolute Gasteiger partial charge is 0.329 e. The van der Waals surface area contributed by atoms with E-state index in [1.807, 2.05) is 24.3 Å². The molecule has 1 N–H and O–H groups in total. The van der Waals surface area contributed by atoms with Gasteiger partial charge >= 0.3 is 0 Å². The Morgan fingerprint density at radius 2 is 2.21 bits per heavy atom. The predicted molar refractivity (Wildman–Crippen MR) is 78.7 cm³/mol. The number of fused-ring (bicyclic) bond motifs is 1. The Labute approximate surface area is 122 Å². The molecule has 0 aliphatic carbocycles. The highest BCUT2D eigenvalue weighted by Gasteiger charge is 2.11. The van der Waals surface area contributed by atoms with Crippen molar-refractivity contribution in [1.82, 2.24) is 14.5 Å². The maximum Gasteiger partial charge on any atom is 0.184 e. The van der Waals surface area contributed by atoms with Gasteiger partial charge in [0.15, 0.2) is 10.4 Å². The molecule has 3 aromatic rings. The van der Waals surface area contributed by atoms with Crippen molar-refractivity contribution in [3.63, 3.8) is 0 Å². The number of nitrogens with zero attached hydrogens (tertiary/aromatic N) is 3. The summed E-state index contributed by atoms with van der Waals surface area (Å²) in [5.41, 5.74) is 2.82. The number of pyridine rings is 1. The monoisotopic (exact) mass is 330 g/mol. The minimum absolute atomic E-state index is 0.521. The molecule has 2 heterocycles. The first-order chi connectivity index (χ1) is 9.20. The van der Waals surface area contributed by atoms with E-state index < -0.39 is 0 Å². The van der Waals surface area contributed by atoms with Crippen LogP contribution in [0.1, 0.15) is 5.56 Å². The SMILES string of the molecule is N#Cc1cc(Br)ccc1-n1c(=S)[nH]c2cccnc21. The number of benzene rings is 1. The second-order valence-corrected chi connectivity index (χ2v) is 5.22. The van der Waals surface area contributed by atoms with Crippen LogP contribution >= 0.6 is 28.1 Å². The fraction of sp³-hybridized carbons (Fsp3) is 0. The summed E-state index contributed by atoms with van der Waals surface area (Å²) in [7, 11) is 0. The van der Waals surface area contributed by atoms with Gasteiger partial charge in [-0.1, -0.05) is 15.9 Å². The molecule has 0 aliphatic heterocycles. The van der Waals surface area contributed by atoms with Crippen LogP contribution in [-0.2, 0) is 0 Å². The molecule has 0 saturated heterocycles. The molecule has 0 unspecified atom stereocenters. The number of hydrogen-bond donors (Lipinski definition) is 1. The van der Waals surface area contributed by atoms with Crippen LogP contribution in [0, 0.1) is 16.1 Å². The first kappa shape index (κ1) is 12.1. The molecule has 0 fully saturated rings. The number of halogens is 1. The van der Waals surface area contributed by atoms with Gasteiger partial charge in [0.25, 0.3) is 0 Å². The average molecular weight is 331 g/mol. The molecule has 2 aromatic heterocycles. The van der Waals surface area contributed by atoms with Crippen LogP contribution < -0.4 is 0 Å². The van der Waals surface area contributed by atoms with E-state index in [1.54, 1.807) is 16.8 Å². The number of aromatic amines is 1. The van der Waals surface area contributed by atoms with E-state index in [0.29, 0.717) is 16.0 Å². The average Bonchev–Trinajstić information content (AvgIpc) is 2.74. The second kappa shape index (κ2) is 4.61. The first-order valence-corrected chi connectivity index (χ1v) is 6.66. The molecular weight excluding hydrogens is 324 g/mol. The smallest absolute Gasteiger partial charge is 0.184 e. The van der Waals surface area contributed by atoms with Crippen molar-refractivity contribution in [2.45, 2.75) is 0 Å². The van der Waals surface area contributed by atoms with Gasteiger partial charge in [-0.15, -0.1) is 0 Å². The van der Waals surface area contributed by atoms with E-state index in [4.69, 9.17) is 12.2 Å². The number of imidazole rings is 1. The lowest BCUT2D eigenvalue weighted by atomic mass is 10.2. The van der Waals surface area contributed by atoms with E-state index >= 15 is 0 Å². The van der Waals surface area contributed by atoms with Crippen LogP contribution in [0.5, 0.6) is 0 Å². The molecule has 0 radical (unpaired) electrons. The van der Waals surface area contributed by atoms with Gasteiger partial charge in [-0.25, -0.2) is 4.98 Å². The van der Waals surface area contributed by atoms with E-state index in [2.05, 4.69) is 32.0 Å². The van der Waals surface area contributed by atoms with Gasteiger partial charge in [0.1, 0.15) is 6.07 Å². The highest BCUT2D eigenvalue weighted by Crippen LogP contribution is 2.23. The van der Waals surface area contributed by atoms with Crippen molar-refractivity contribution in [2.75, 3.05) is 0 Å². The number of rotatable bonds is 1. The molecule has 1 aromatic carbocycles. The molecule has 0 aliphatic rings. The Hall–Kier alpha value is -1.97. The number of nitriles is 1. The first-order valence-electron chi connectivity index (χ1n) is 5.46. The molecular formula is C13H7BrN4S. The number of nitrogens with one attached hydrogen (secondary N) is 1. The Morgan fingerprint density at radius 1 is 1.37 bits per heavy atom. The standard InChI is InChI=1S/C13H7BrN4S/c14-9-3-4-11(8(6-9)7-15)18-12-10(17-13(18)19)2-1-5-16-12/h1-6H,(H,17,19). The van der Waals surface area contributed by atoms with Crippen LogP contribution in [0.25, 0.3) is 16.9 Å². The lowest BCUT2D eigenvalue weighted by molar-refractivity contribution is 1.04. The summed E-state index contributed by atoms with van der Waals surface area (Å²) in [5, 5.41) is 9.26. The zero-order valence-electron chi connectivity index (χ0n) is 9.59. The topological polar surface area (TPSA) is 57.4 Å². The van der Waals surface area contributed by atoms with Crippen molar-refractivity contribution in [1.29, 1.82) is 5.26 Å². The van der Waals surface area contributed by atoms with Gasteiger partial charge in [-0.05, 0) is 42.5 Å². The summed E-state index contributed by atoms with van der Waals surface area (Å²) >= 11 is 8.68. The van der Waals surface area contributed by atoms with E-state index in [1.165, 1.54) is 0 Å². The van der Waals surface area contributed by atoms with Crippen LogP contribution in [0.4, 0.5) is 0 Å². The summed E-state index contributed by atoms with van der Waals surface area (Å²) in [5.74, 6) is 0. The van der Waals surface area contributed by atoms with Gasteiger partial charge in [0.2, 0.25) is 0 Å². The van der Waals surface area contributed by atoms with Gasteiger partial charge < -0.3 is 4.98 Å². The molecule has 0 saturated carbocycles. The van der Waals surface area contributed by atoms with Gasteiger partial charge in [0, 0.05) is 10.7 Å². The Balaban J connectivity index is 2.40. The highest BCUT2D eigenvalue weighted by molar-refractivity contribution is 9.10. The van der Waals surface area contributed by atoms with Crippen molar-refractivity contribution >= 4 is 39.3 Å². The second-order valence-electron chi connectivity index (χ2n) is 3.91. The highest BCUT2D eigenvalue weighted by atomic mass is 79.9. The molecule has 4 nitrogen and oxygen atoms in total.